The van der Waals surface area contributed by atoms with Gasteiger partial charge in [0, 0.05) is 55.8 Å². The number of nitrogens with one attached hydrogen (secondary N) is 1. The highest BCUT2D eigenvalue weighted by Crippen LogP contribution is 2.24. The van der Waals surface area contributed by atoms with Crippen LogP contribution in [0.25, 0.3) is 0 Å². The van der Waals surface area contributed by atoms with E-state index < -0.39 is 0 Å². The Hall–Kier alpha value is -2.34. The first kappa shape index (κ1) is 19.4. The fraction of sp³-hybridized carbons (Fsp3) is 0.429. The third-order valence-electron chi connectivity index (χ3n) is 5.19. The number of carbonyl (C=O) groups excluding carboxylic acids is 2. The summed E-state index contributed by atoms with van der Waals surface area (Å²) in [5, 5.41) is 6.59. The molecule has 0 spiro atoms. The van der Waals surface area contributed by atoms with Gasteiger partial charge in [0.2, 0.25) is 5.91 Å². The van der Waals surface area contributed by atoms with Crippen molar-refractivity contribution in [3.05, 3.63) is 51.7 Å². The first-order valence-corrected chi connectivity index (χ1v) is 10.4. The van der Waals surface area contributed by atoms with Gasteiger partial charge in [-0.3, -0.25) is 9.59 Å². The Kier molecular flexibility index (Phi) is 6.50. The normalized spacial score (nSPS) is 14.3. The van der Waals surface area contributed by atoms with E-state index in [-0.39, 0.29) is 11.8 Å². The smallest absolute Gasteiger partial charge is 0.252 e. The summed E-state index contributed by atoms with van der Waals surface area (Å²) >= 11 is 1.51. The average molecular weight is 386 g/mol. The van der Waals surface area contributed by atoms with Gasteiger partial charge in [0.25, 0.3) is 5.91 Å². The number of rotatable bonds is 6. The van der Waals surface area contributed by atoms with Gasteiger partial charge in [0.1, 0.15) is 0 Å². The van der Waals surface area contributed by atoms with E-state index in [0.717, 1.165) is 26.2 Å². The second kappa shape index (κ2) is 9.04. The molecule has 144 valence electrons. The second-order valence-corrected chi connectivity index (χ2v) is 7.74. The fourth-order valence-electron chi connectivity index (χ4n) is 3.37. The van der Waals surface area contributed by atoms with Crippen LogP contribution in [0, 0.1) is 13.8 Å². The van der Waals surface area contributed by atoms with Gasteiger partial charge in [-0.1, -0.05) is 12.1 Å². The minimum atomic E-state index is -0.0640. The van der Waals surface area contributed by atoms with Crippen molar-refractivity contribution in [1.29, 1.82) is 0 Å². The van der Waals surface area contributed by atoms with Gasteiger partial charge in [0.15, 0.2) is 0 Å². The Labute approximate surface area is 165 Å². The monoisotopic (exact) mass is 385 g/mol. The molecule has 1 aliphatic heterocycles. The maximum absolute atomic E-state index is 12.4. The third kappa shape index (κ3) is 4.89. The predicted octanol–water partition coefficient (Wildman–Crippen LogP) is 3.22. The van der Waals surface area contributed by atoms with Crippen molar-refractivity contribution in [2.45, 2.75) is 26.7 Å². The standard InChI is InChI=1S/C21H27N3O2S/c1-16-5-3-6-19(17(16)2)23-10-12-24(13-11-23)20(25)7-4-9-22-21(26)18-8-14-27-15-18/h3,5-6,8,14-15H,4,7,9-13H2,1-2H3,(H,22,26). The van der Waals surface area contributed by atoms with Crippen LogP contribution in [0.1, 0.15) is 34.3 Å². The minimum absolute atomic E-state index is 0.0640. The Morgan fingerprint density at radius 1 is 1.11 bits per heavy atom. The summed E-state index contributed by atoms with van der Waals surface area (Å²) in [7, 11) is 0. The zero-order chi connectivity index (χ0) is 19.2. The number of aryl methyl sites for hydroxylation is 1. The molecule has 1 aliphatic rings. The first-order chi connectivity index (χ1) is 13.1. The van der Waals surface area contributed by atoms with E-state index in [4.69, 9.17) is 0 Å². The topological polar surface area (TPSA) is 52.6 Å². The van der Waals surface area contributed by atoms with E-state index in [1.807, 2.05) is 15.7 Å². The lowest BCUT2D eigenvalue weighted by molar-refractivity contribution is -0.131. The maximum atomic E-state index is 12.4. The molecule has 1 fully saturated rings. The highest BCUT2D eigenvalue weighted by molar-refractivity contribution is 7.08. The van der Waals surface area contributed by atoms with Crippen LogP contribution < -0.4 is 10.2 Å². The number of piperazine rings is 1. The molecule has 1 saturated heterocycles. The molecule has 0 radical (unpaired) electrons. The SMILES string of the molecule is Cc1cccc(N2CCN(C(=O)CCCNC(=O)c3ccsc3)CC2)c1C. The van der Waals surface area contributed by atoms with Crippen molar-refractivity contribution >= 4 is 28.8 Å². The molecule has 0 saturated carbocycles. The quantitative estimate of drug-likeness (QED) is 0.777. The molecular weight excluding hydrogens is 358 g/mol. The lowest BCUT2D eigenvalue weighted by Gasteiger charge is -2.37. The summed E-state index contributed by atoms with van der Waals surface area (Å²) in [6, 6.07) is 8.20. The highest BCUT2D eigenvalue weighted by atomic mass is 32.1. The molecule has 3 rings (SSSR count). The van der Waals surface area contributed by atoms with E-state index in [1.54, 1.807) is 6.07 Å². The van der Waals surface area contributed by atoms with E-state index >= 15 is 0 Å². The summed E-state index contributed by atoms with van der Waals surface area (Å²) in [4.78, 5) is 28.6. The summed E-state index contributed by atoms with van der Waals surface area (Å²) in [5.41, 5.74) is 4.58. The van der Waals surface area contributed by atoms with Crippen molar-refractivity contribution < 1.29 is 9.59 Å². The summed E-state index contributed by atoms with van der Waals surface area (Å²) in [6.45, 7) is 8.07. The van der Waals surface area contributed by atoms with E-state index in [1.165, 1.54) is 28.2 Å². The molecule has 1 aromatic heterocycles. The highest BCUT2D eigenvalue weighted by Gasteiger charge is 2.22. The fourth-order valence-corrected chi connectivity index (χ4v) is 4.01. The average Bonchev–Trinajstić information content (AvgIpc) is 3.22. The van der Waals surface area contributed by atoms with Crippen LogP contribution in [0.15, 0.2) is 35.0 Å². The number of thiophene rings is 1. The van der Waals surface area contributed by atoms with E-state index in [0.29, 0.717) is 24.9 Å². The van der Waals surface area contributed by atoms with Gasteiger partial charge >= 0.3 is 0 Å². The molecule has 6 heteroatoms. The summed E-state index contributed by atoms with van der Waals surface area (Å²) in [6.07, 6.45) is 1.15. The van der Waals surface area contributed by atoms with Crippen LogP contribution >= 0.6 is 11.3 Å². The molecule has 1 aromatic carbocycles. The van der Waals surface area contributed by atoms with Gasteiger partial charge in [-0.05, 0) is 48.9 Å². The zero-order valence-electron chi connectivity index (χ0n) is 16.0. The zero-order valence-corrected chi connectivity index (χ0v) is 16.8. The van der Waals surface area contributed by atoms with Gasteiger partial charge in [-0.15, -0.1) is 0 Å². The summed E-state index contributed by atoms with van der Waals surface area (Å²) < 4.78 is 0. The van der Waals surface area contributed by atoms with Crippen LogP contribution in [-0.4, -0.2) is 49.4 Å². The molecule has 1 N–H and O–H groups in total. The molecule has 5 nitrogen and oxygen atoms in total. The van der Waals surface area contributed by atoms with Crippen molar-refractivity contribution in [2.24, 2.45) is 0 Å². The van der Waals surface area contributed by atoms with Gasteiger partial charge in [-0.2, -0.15) is 11.3 Å². The van der Waals surface area contributed by atoms with Crippen LogP contribution in [0.2, 0.25) is 0 Å². The van der Waals surface area contributed by atoms with Gasteiger partial charge < -0.3 is 15.1 Å². The molecule has 2 aromatic rings. The molecule has 0 bridgehead atoms. The molecule has 0 aliphatic carbocycles. The Balaban J connectivity index is 1.39. The van der Waals surface area contributed by atoms with Crippen LogP contribution in [0.3, 0.4) is 0 Å². The number of carbonyl (C=O) groups is 2. The largest absolute Gasteiger partial charge is 0.368 e. The molecular formula is C21H27N3O2S. The van der Waals surface area contributed by atoms with Gasteiger partial charge in [0.05, 0.1) is 0 Å². The van der Waals surface area contributed by atoms with Crippen LogP contribution in [0.5, 0.6) is 0 Å². The Morgan fingerprint density at radius 3 is 2.59 bits per heavy atom. The lowest BCUT2D eigenvalue weighted by atomic mass is 10.1. The number of hydrogen-bond acceptors (Lipinski definition) is 4. The minimum Gasteiger partial charge on any atom is -0.368 e. The van der Waals surface area contributed by atoms with Crippen LogP contribution in [-0.2, 0) is 4.79 Å². The van der Waals surface area contributed by atoms with E-state index in [9.17, 15) is 9.59 Å². The Bertz CT molecular complexity index is 781. The van der Waals surface area contributed by atoms with Crippen molar-refractivity contribution in [3.8, 4) is 0 Å². The molecule has 0 unspecified atom stereocenters. The Morgan fingerprint density at radius 2 is 1.89 bits per heavy atom. The van der Waals surface area contributed by atoms with Crippen molar-refractivity contribution in [3.63, 3.8) is 0 Å². The molecule has 27 heavy (non-hydrogen) atoms. The number of amides is 2. The number of anilines is 1. The number of benzene rings is 1. The van der Waals surface area contributed by atoms with Crippen molar-refractivity contribution in [2.75, 3.05) is 37.6 Å². The first-order valence-electron chi connectivity index (χ1n) is 9.45. The molecule has 0 atom stereocenters. The summed E-state index contributed by atoms with van der Waals surface area (Å²) in [5.74, 6) is 0.117. The number of nitrogens with zero attached hydrogens (tertiary/aromatic N) is 2. The molecule has 2 amide bonds. The molecule has 2 heterocycles. The van der Waals surface area contributed by atoms with Crippen molar-refractivity contribution in [1.82, 2.24) is 10.2 Å². The lowest BCUT2D eigenvalue weighted by Crippen LogP contribution is -2.49. The van der Waals surface area contributed by atoms with Crippen LogP contribution in [0.4, 0.5) is 5.69 Å². The van der Waals surface area contributed by atoms with Gasteiger partial charge in [-0.25, -0.2) is 0 Å². The maximum Gasteiger partial charge on any atom is 0.252 e. The third-order valence-corrected chi connectivity index (χ3v) is 5.87. The number of hydrogen-bond donors (Lipinski definition) is 1. The predicted molar refractivity (Wildman–Crippen MR) is 111 cm³/mol. The van der Waals surface area contributed by atoms with E-state index in [2.05, 4.69) is 42.3 Å². The second-order valence-electron chi connectivity index (χ2n) is 6.96.